The van der Waals surface area contributed by atoms with Crippen molar-refractivity contribution < 1.29 is 14.3 Å². The van der Waals surface area contributed by atoms with Crippen LogP contribution in [-0.2, 0) is 16.0 Å². The van der Waals surface area contributed by atoms with Gasteiger partial charge in [-0.2, -0.15) is 0 Å². The van der Waals surface area contributed by atoms with Crippen molar-refractivity contribution in [2.24, 2.45) is 5.92 Å². The lowest BCUT2D eigenvalue weighted by molar-refractivity contribution is -0.133. The van der Waals surface area contributed by atoms with Crippen LogP contribution in [0, 0.1) is 5.92 Å². The van der Waals surface area contributed by atoms with E-state index in [-0.39, 0.29) is 11.8 Å². The van der Waals surface area contributed by atoms with E-state index in [4.69, 9.17) is 4.74 Å². The predicted molar refractivity (Wildman–Crippen MR) is 121 cm³/mol. The summed E-state index contributed by atoms with van der Waals surface area (Å²) < 4.78 is 5.65. The molecule has 0 radical (unpaired) electrons. The molecule has 0 N–H and O–H groups in total. The second-order valence-corrected chi connectivity index (χ2v) is 8.18. The first-order valence-electron chi connectivity index (χ1n) is 11.2. The molecule has 1 aromatic carbocycles. The van der Waals surface area contributed by atoms with Gasteiger partial charge in [-0.3, -0.25) is 14.6 Å². The summed E-state index contributed by atoms with van der Waals surface area (Å²) in [6.07, 6.45) is 6.37. The average molecular weight is 424 g/mol. The van der Waals surface area contributed by atoms with Crippen molar-refractivity contribution in [2.45, 2.75) is 38.5 Å². The lowest BCUT2D eigenvalue weighted by Crippen LogP contribution is -2.40. The first kappa shape index (κ1) is 22.8. The highest BCUT2D eigenvalue weighted by Crippen LogP contribution is 2.22. The maximum atomic E-state index is 12.6. The van der Waals surface area contributed by atoms with E-state index in [1.165, 1.54) is 0 Å². The monoisotopic (exact) mass is 423 g/mol. The summed E-state index contributed by atoms with van der Waals surface area (Å²) in [5, 5.41) is 0. The van der Waals surface area contributed by atoms with E-state index < -0.39 is 0 Å². The van der Waals surface area contributed by atoms with E-state index in [1.54, 1.807) is 11.1 Å². The average Bonchev–Trinajstić information content (AvgIpc) is 2.82. The summed E-state index contributed by atoms with van der Waals surface area (Å²) >= 11 is 0. The number of benzene rings is 1. The highest BCUT2D eigenvalue weighted by molar-refractivity contribution is 5.77. The van der Waals surface area contributed by atoms with E-state index in [2.05, 4.69) is 4.98 Å². The molecule has 1 saturated heterocycles. The smallest absolute Gasteiger partial charge is 0.226 e. The number of nitrogens with zero attached hydrogens (tertiary/aromatic N) is 3. The number of amides is 2. The highest BCUT2D eigenvalue weighted by atomic mass is 16.5. The van der Waals surface area contributed by atoms with E-state index >= 15 is 0 Å². The molecule has 6 heteroatoms. The zero-order valence-electron chi connectivity index (χ0n) is 18.4. The van der Waals surface area contributed by atoms with Gasteiger partial charge < -0.3 is 14.5 Å². The van der Waals surface area contributed by atoms with E-state index in [1.807, 2.05) is 60.5 Å². The van der Waals surface area contributed by atoms with Gasteiger partial charge in [0.15, 0.2) is 0 Å². The lowest BCUT2D eigenvalue weighted by atomic mass is 9.93. The Balaban J connectivity index is 1.34. The van der Waals surface area contributed by atoms with E-state index in [9.17, 15) is 9.59 Å². The number of pyridine rings is 1. The van der Waals surface area contributed by atoms with Gasteiger partial charge in [0.2, 0.25) is 11.8 Å². The van der Waals surface area contributed by atoms with Crippen LogP contribution in [0.15, 0.2) is 54.7 Å². The molecule has 2 aromatic rings. The van der Waals surface area contributed by atoms with Crippen LogP contribution < -0.4 is 4.74 Å². The Hall–Kier alpha value is -2.89. The molecule has 31 heavy (non-hydrogen) atoms. The first-order valence-corrected chi connectivity index (χ1v) is 11.2. The van der Waals surface area contributed by atoms with Crippen molar-refractivity contribution in [1.82, 2.24) is 14.8 Å². The third-order valence-electron chi connectivity index (χ3n) is 5.82. The molecule has 1 aromatic heterocycles. The SMILES string of the molecule is CN(CCc1ccccn1)C(=O)CC[C@H]1CCCN(C(=O)CCOc2ccccc2)C1. The molecule has 166 valence electrons. The largest absolute Gasteiger partial charge is 0.493 e. The number of likely N-dealkylation sites (N-methyl/N-ethyl adjacent to an activating group) is 1. The highest BCUT2D eigenvalue weighted by Gasteiger charge is 2.24. The van der Waals surface area contributed by atoms with Crippen LogP contribution in [0.2, 0.25) is 0 Å². The molecule has 0 aliphatic carbocycles. The normalized spacial score (nSPS) is 16.0. The molecule has 6 nitrogen and oxygen atoms in total. The van der Waals surface area contributed by atoms with Gasteiger partial charge in [0.1, 0.15) is 5.75 Å². The Bertz CT molecular complexity index is 813. The van der Waals surface area contributed by atoms with Gasteiger partial charge >= 0.3 is 0 Å². The number of piperidine rings is 1. The molecule has 1 aliphatic heterocycles. The number of hydrogen-bond donors (Lipinski definition) is 0. The van der Waals surface area contributed by atoms with Crippen LogP contribution in [0.25, 0.3) is 0 Å². The minimum Gasteiger partial charge on any atom is -0.493 e. The maximum absolute atomic E-state index is 12.6. The molecular weight excluding hydrogens is 390 g/mol. The van der Waals surface area contributed by atoms with Crippen molar-refractivity contribution in [3.63, 3.8) is 0 Å². The summed E-state index contributed by atoms with van der Waals surface area (Å²) in [7, 11) is 1.86. The van der Waals surface area contributed by atoms with Gasteiger partial charge in [-0.1, -0.05) is 24.3 Å². The number of carbonyl (C=O) groups excluding carboxylic acids is 2. The zero-order chi connectivity index (χ0) is 21.9. The van der Waals surface area contributed by atoms with Gasteiger partial charge in [0.25, 0.3) is 0 Å². The Labute approximate surface area is 185 Å². The summed E-state index contributed by atoms with van der Waals surface area (Å²) in [5.74, 6) is 1.48. The summed E-state index contributed by atoms with van der Waals surface area (Å²) in [5.41, 5.74) is 1.000. The summed E-state index contributed by atoms with van der Waals surface area (Å²) in [6.45, 7) is 2.61. The third-order valence-corrected chi connectivity index (χ3v) is 5.82. The van der Waals surface area contributed by atoms with E-state index in [0.717, 1.165) is 50.2 Å². The number of rotatable bonds is 10. The third kappa shape index (κ3) is 7.70. The van der Waals surface area contributed by atoms with Gasteiger partial charge in [0.05, 0.1) is 13.0 Å². The summed E-state index contributed by atoms with van der Waals surface area (Å²) in [4.78, 5) is 33.1. The molecule has 2 amide bonds. The first-order chi connectivity index (χ1) is 15.1. The number of ether oxygens (including phenoxy) is 1. The van der Waals surface area contributed by atoms with Gasteiger partial charge in [-0.15, -0.1) is 0 Å². The number of para-hydroxylation sites is 1. The minimum atomic E-state index is 0.138. The molecule has 1 fully saturated rings. The second kappa shape index (κ2) is 12.1. The maximum Gasteiger partial charge on any atom is 0.226 e. The fraction of sp³-hybridized carbons (Fsp3) is 0.480. The Morgan fingerprint density at radius 1 is 1.13 bits per heavy atom. The Morgan fingerprint density at radius 2 is 1.94 bits per heavy atom. The molecule has 2 heterocycles. The van der Waals surface area contributed by atoms with Crippen molar-refractivity contribution >= 4 is 11.8 Å². The Kier molecular flexibility index (Phi) is 8.88. The van der Waals surface area contributed by atoms with Gasteiger partial charge in [0, 0.05) is 51.4 Å². The molecule has 1 aliphatic rings. The second-order valence-electron chi connectivity index (χ2n) is 8.18. The molecule has 1 atom stereocenters. The van der Waals surface area contributed by atoms with Gasteiger partial charge in [-0.25, -0.2) is 0 Å². The number of carbonyl (C=O) groups is 2. The van der Waals surface area contributed by atoms with Crippen molar-refractivity contribution in [2.75, 3.05) is 33.3 Å². The zero-order valence-corrected chi connectivity index (χ0v) is 18.4. The number of likely N-dealkylation sites (tertiary alicyclic amines) is 1. The Morgan fingerprint density at radius 3 is 2.71 bits per heavy atom. The standard InChI is InChI=1S/C25H33N3O3/c1-27(18-14-22-9-5-6-16-26-22)24(29)13-12-21-8-7-17-28(20-21)25(30)15-19-31-23-10-3-2-4-11-23/h2-6,9-11,16,21H,7-8,12-15,17-20H2,1H3/t21-/m1/s1. The molecule has 0 saturated carbocycles. The van der Waals surface area contributed by atoms with Crippen LogP contribution in [-0.4, -0.2) is 59.9 Å². The van der Waals surface area contributed by atoms with Crippen LogP contribution in [0.1, 0.15) is 37.8 Å². The fourth-order valence-corrected chi connectivity index (χ4v) is 3.93. The quantitative estimate of drug-likeness (QED) is 0.586. The van der Waals surface area contributed by atoms with Crippen molar-refractivity contribution in [3.8, 4) is 5.75 Å². The summed E-state index contributed by atoms with van der Waals surface area (Å²) in [6, 6.07) is 15.4. The fourth-order valence-electron chi connectivity index (χ4n) is 3.93. The number of aromatic nitrogens is 1. The van der Waals surface area contributed by atoms with Gasteiger partial charge in [-0.05, 0) is 49.4 Å². The topological polar surface area (TPSA) is 62.7 Å². The van der Waals surface area contributed by atoms with Crippen molar-refractivity contribution in [3.05, 3.63) is 60.4 Å². The van der Waals surface area contributed by atoms with Crippen LogP contribution in [0.5, 0.6) is 5.75 Å². The van der Waals surface area contributed by atoms with Crippen molar-refractivity contribution in [1.29, 1.82) is 0 Å². The molecule has 0 spiro atoms. The van der Waals surface area contributed by atoms with E-state index in [0.29, 0.717) is 31.9 Å². The van der Waals surface area contributed by atoms with Crippen LogP contribution in [0.3, 0.4) is 0 Å². The molecular formula is C25H33N3O3. The molecule has 3 rings (SSSR count). The molecule has 0 unspecified atom stereocenters. The predicted octanol–water partition coefficient (Wildman–Crippen LogP) is 3.57. The number of hydrogen-bond acceptors (Lipinski definition) is 4. The van der Waals surface area contributed by atoms with Crippen LogP contribution >= 0.6 is 0 Å². The van der Waals surface area contributed by atoms with Crippen LogP contribution in [0.4, 0.5) is 0 Å². The molecule has 0 bridgehead atoms. The minimum absolute atomic E-state index is 0.138. The lowest BCUT2D eigenvalue weighted by Gasteiger charge is -2.33.